The molecule has 0 unspecified atom stereocenters. The highest BCUT2D eigenvalue weighted by Gasteiger charge is 1.96. The lowest BCUT2D eigenvalue weighted by Crippen LogP contribution is -1.83. The highest BCUT2D eigenvalue weighted by atomic mass is 32.1. The summed E-state index contributed by atoms with van der Waals surface area (Å²) in [4.78, 5) is 0.972. The molecular formula is C12H11NS. The number of nitrogen functional groups attached to an aromatic ring is 1. The van der Waals surface area contributed by atoms with E-state index in [0.29, 0.717) is 0 Å². The van der Waals surface area contributed by atoms with Crippen molar-refractivity contribution in [3.05, 3.63) is 48.5 Å². The maximum absolute atomic E-state index is 5.62. The van der Waals surface area contributed by atoms with Gasteiger partial charge in [-0.05, 0) is 35.4 Å². The molecule has 0 bridgehead atoms. The fourth-order valence-electron chi connectivity index (χ4n) is 1.36. The first-order chi connectivity index (χ1) is 6.75. The minimum atomic E-state index is 0.788. The van der Waals surface area contributed by atoms with Crippen molar-refractivity contribution in [1.82, 2.24) is 0 Å². The molecule has 0 aliphatic carbocycles. The molecule has 0 fully saturated rings. The minimum absolute atomic E-state index is 0.788. The van der Waals surface area contributed by atoms with Gasteiger partial charge in [-0.3, -0.25) is 0 Å². The predicted molar refractivity (Wildman–Crippen MR) is 63.5 cm³/mol. The average Bonchev–Trinajstić information content (AvgIpc) is 2.19. The Morgan fingerprint density at radius 1 is 0.857 bits per heavy atom. The van der Waals surface area contributed by atoms with Crippen LogP contribution < -0.4 is 5.73 Å². The number of hydrogen-bond acceptors (Lipinski definition) is 2. The van der Waals surface area contributed by atoms with Crippen molar-refractivity contribution in [2.45, 2.75) is 4.90 Å². The molecule has 70 valence electrons. The molecular weight excluding hydrogens is 190 g/mol. The topological polar surface area (TPSA) is 26.0 Å². The Bertz CT molecular complexity index is 434. The molecule has 0 atom stereocenters. The molecule has 2 heteroatoms. The number of hydrogen-bond donors (Lipinski definition) is 2. The summed E-state index contributed by atoms with van der Waals surface area (Å²) >= 11 is 4.30. The molecule has 0 radical (unpaired) electrons. The Hall–Kier alpha value is -1.41. The standard InChI is InChI=1S/C12H11NS/c13-11-6-4-9(5-7-11)10-2-1-3-12(14)8-10/h1-8,14H,13H2. The SMILES string of the molecule is Nc1ccc(-c2cccc(S)c2)cc1. The maximum Gasteiger partial charge on any atom is 0.0314 e. The molecule has 2 rings (SSSR count). The lowest BCUT2D eigenvalue weighted by Gasteiger charge is -2.02. The Balaban J connectivity index is 2.44. The average molecular weight is 201 g/mol. The van der Waals surface area contributed by atoms with Gasteiger partial charge in [-0.25, -0.2) is 0 Å². The Morgan fingerprint density at radius 3 is 2.21 bits per heavy atom. The van der Waals surface area contributed by atoms with Crippen molar-refractivity contribution in [3.8, 4) is 11.1 Å². The predicted octanol–water partition coefficient (Wildman–Crippen LogP) is 3.22. The van der Waals surface area contributed by atoms with Crippen molar-refractivity contribution in [3.63, 3.8) is 0 Å². The number of benzene rings is 2. The summed E-state index contributed by atoms with van der Waals surface area (Å²) in [5, 5.41) is 0. The third-order valence-electron chi connectivity index (χ3n) is 2.09. The van der Waals surface area contributed by atoms with Crippen molar-refractivity contribution in [2.75, 3.05) is 5.73 Å². The molecule has 14 heavy (non-hydrogen) atoms. The first-order valence-electron chi connectivity index (χ1n) is 4.41. The van der Waals surface area contributed by atoms with E-state index in [9.17, 15) is 0 Å². The van der Waals surface area contributed by atoms with Crippen molar-refractivity contribution in [2.24, 2.45) is 0 Å². The highest BCUT2D eigenvalue weighted by Crippen LogP contribution is 2.22. The molecule has 0 aromatic heterocycles. The first kappa shape index (κ1) is 9.16. The van der Waals surface area contributed by atoms with Crippen LogP contribution in [-0.2, 0) is 0 Å². The van der Waals surface area contributed by atoms with Gasteiger partial charge >= 0.3 is 0 Å². The number of rotatable bonds is 1. The van der Waals surface area contributed by atoms with Crippen LogP contribution in [0.3, 0.4) is 0 Å². The zero-order chi connectivity index (χ0) is 9.97. The molecule has 0 saturated heterocycles. The summed E-state index contributed by atoms with van der Waals surface area (Å²) in [6, 6.07) is 15.9. The molecule has 2 aromatic rings. The summed E-state index contributed by atoms with van der Waals surface area (Å²) < 4.78 is 0. The highest BCUT2D eigenvalue weighted by molar-refractivity contribution is 7.80. The van der Waals surface area contributed by atoms with E-state index in [2.05, 4.69) is 18.7 Å². The fourth-order valence-corrected chi connectivity index (χ4v) is 1.59. The Kier molecular flexibility index (Phi) is 2.46. The summed E-state index contributed by atoms with van der Waals surface area (Å²) in [6.07, 6.45) is 0. The van der Waals surface area contributed by atoms with Crippen LogP contribution in [0, 0.1) is 0 Å². The fraction of sp³-hybridized carbons (Fsp3) is 0. The van der Waals surface area contributed by atoms with E-state index in [4.69, 9.17) is 5.73 Å². The second-order valence-electron chi connectivity index (χ2n) is 3.17. The quantitative estimate of drug-likeness (QED) is 0.537. The monoisotopic (exact) mass is 201 g/mol. The van der Waals surface area contributed by atoms with Crippen LogP contribution in [0.15, 0.2) is 53.4 Å². The van der Waals surface area contributed by atoms with Gasteiger partial charge in [-0.15, -0.1) is 12.6 Å². The number of thiol groups is 1. The minimum Gasteiger partial charge on any atom is -0.399 e. The molecule has 1 nitrogen and oxygen atoms in total. The van der Waals surface area contributed by atoms with E-state index in [0.717, 1.165) is 21.7 Å². The third-order valence-corrected chi connectivity index (χ3v) is 2.37. The van der Waals surface area contributed by atoms with Crippen LogP contribution in [0.5, 0.6) is 0 Å². The largest absolute Gasteiger partial charge is 0.399 e. The van der Waals surface area contributed by atoms with E-state index < -0.39 is 0 Å². The smallest absolute Gasteiger partial charge is 0.0314 e. The molecule has 2 aromatic carbocycles. The van der Waals surface area contributed by atoms with E-state index >= 15 is 0 Å². The zero-order valence-corrected chi connectivity index (χ0v) is 8.54. The van der Waals surface area contributed by atoms with Crippen LogP contribution in [0.25, 0.3) is 11.1 Å². The van der Waals surface area contributed by atoms with Crippen molar-refractivity contribution < 1.29 is 0 Å². The van der Waals surface area contributed by atoms with E-state index in [1.165, 1.54) is 0 Å². The van der Waals surface area contributed by atoms with Gasteiger partial charge in [0.2, 0.25) is 0 Å². The van der Waals surface area contributed by atoms with E-state index in [-0.39, 0.29) is 0 Å². The van der Waals surface area contributed by atoms with Gasteiger partial charge in [0.25, 0.3) is 0 Å². The molecule has 0 saturated carbocycles. The van der Waals surface area contributed by atoms with Gasteiger partial charge in [0.05, 0.1) is 0 Å². The number of nitrogens with two attached hydrogens (primary N) is 1. The normalized spacial score (nSPS) is 10.1. The van der Waals surface area contributed by atoms with Crippen LogP contribution in [0.1, 0.15) is 0 Å². The van der Waals surface area contributed by atoms with Gasteiger partial charge in [0.1, 0.15) is 0 Å². The maximum atomic E-state index is 5.62. The summed E-state index contributed by atoms with van der Waals surface area (Å²) in [5.74, 6) is 0. The lowest BCUT2D eigenvalue weighted by atomic mass is 10.1. The third kappa shape index (κ3) is 1.91. The summed E-state index contributed by atoms with van der Waals surface area (Å²) in [5.41, 5.74) is 8.73. The molecule has 2 N–H and O–H groups in total. The van der Waals surface area contributed by atoms with Gasteiger partial charge < -0.3 is 5.73 Å². The lowest BCUT2D eigenvalue weighted by molar-refractivity contribution is 1.47. The number of anilines is 1. The van der Waals surface area contributed by atoms with E-state index in [1.54, 1.807) is 0 Å². The second kappa shape index (κ2) is 3.76. The van der Waals surface area contributed by atoms with Crippen LogP contribution in [0.2, 0.25) is 0 Å². The second-order valence-corrected chi connectivity index (χ2v) is 3.69. The molecule has 0 spiro atoms. The Morgan fingerprint density at radius 2 is 1.57 bits per heavy atom. The summed E-state index contributed by atoms with van der Waals surface area (Å²) in [7, 11) is 0. The van der Waals surface area contributed by atoms with Gasteiger partial charge in [0.15, 0.2) is 0 Å². The molecule has 0 aliphatic heterocycles. The molecule has 0 amide bonds. The van der Waals surface area contributed by atoms with Crippen molar-refractivity contribution >= 4 is 18.3 Å². The van der Waals surface area contributed by atoms with E-state index in [1.807, 2.05) is 42.5 Å². The van der Waals surface area contributed by atoms with Crippen LogP contribution in [-0.4, -0.2) is 0 Å². The van der Waals surface area contributed by atoms with Gasteiger partial charge in [0, 0.05) is 10.6 Å². The summed E-state index contributed by atoms with van der Waals surface area (Å²) in [6.45, 7) is 0. The molecule has 0 aliphatic rings. The van der Waals surface area contributed by atoms with Gasteiger partial charge in [-0.1, -0.05) is 24.3 Å². The van der Waals surface area contributed by atoms with Crippen LogP contribution >= 0.6 is 12.6 Å². The zero-order valence-electron chi connectivity index (χ0n) is 7.64. The van der Waals surface area contributed by atoms with Crippen LogP contribution in [0.4, 0.5) is 5.69 Å². The molecule has 0 heterocycles. The first-order valence-corrected chi connectivity index (χ1v) is 4.85. The van der Waals surface area contributed by atoms with Gasteiger partial charge in [-0.2, -0.15) is 0 Å². The Labute approximate surface area is 89.0 Å². The van der Waals surface area contributed by atoms with Crippen molar-refractivity contribution in [1.29, 1.82) is 0 Å².